The van der Waals surface area contributed by atoms with Crippen molar-refractivity contribution in [1.29, 1.82) is 0 Å². The Morgan fingerprint density at radius 3 is 2.71 bits per heavy atom. The van der Waals surface area contributed by atoms with Crippen LogP contribution in [-0.2, 0) is 4.74 Å². The first kappa shape index (κ1) is 13.7. The molecule has 0 fully saturated rings. The Hall–Kier alpha value is -1.34. The predicted molar refractivity (Wildman–Crippen MR) is 63.2 cm³/mol. The van der Waals surface area contributed by atoms with Crippen molar-refractivity contribution in [3.63, 3.8) is 0 Å². The fourth-order valence-electron chi connectivity index (χ4n) is 1.10. The Morgan fingerprint density at radius 2 is 2.12 bits per heavy atom. The van der Waals surface area contributed by atoms with E-state index in [9.17, 15) is 14.5 Å². The van der Waals surface area contributed by atoms with Gasteiger partial charge in [0.05, 0.1) is 24.2 Å². The van der Waals surface area contributed by atoms with Crippen LogP contribution in [0.25, 0.3) is 0 Å². The molecule has 7 heteroatoms. The van der Waals surface area contributed by atoms with Crippen LogP contribution in [0.15, 0.2) is 18.2 Å². The maximum Gasteiger partial charge on any atom is 0.272 e. The largest absolute Gasteiger partial charge is 0.488 e. The number of non-ortho nitro benzene ring substituents is 1. The van der Waals surface area contributed by atoms with Crippen LogP contribution in [0.2, 0.25) is 0 Å². The van der Waals surface area contributed by atoms with Crippen molar-refractivity contribution in [2.75, 3.05) is 25.6 Å². The lowest BCUT2D eigenvalue weighted by Gasteiger charge is -2.07. The second kappa shape index (κ2) is 7.08. The molecule has 0 aliphatic rings. The molecule has 0 spiro atoms. The first-order valence-corrected chi connectivity index (χ1v) is 5.53. The van der Waals surface area contributed by atoms with E-state index in [1.807, 2.05) is 0 Å². The summed E-state index contributed by atoms with van der Waals surface area (Å²) in [5.74, 6) is -0.176. The number of hydrogen-bond donors (Lipinski definition) is 1. The monoisotopic (exact) mass is 261 g/mol. The van der Waals surface area contributed by atoms with Crippen LogP contribution < -0.4 is 4.74 Å². The number of ether oxygens (including phenoxy) is 2. The van der Waals surface area contributed by atoms with Gasteiger partial charge < -0.3 is 9.47 Å². The molecule has 0 aromatic heterocycles. The van der Waals surface area contributed by atoms with Gasteiger partial charge in [0.1, 0.15) is 6.61 Å². The van der Waals surface area contributed by atoms with E-state index >= 15 is 0 Å². The highest BCUT2D eigenvalue weighted by atomic mass is 32.1. The molecule has 17 heavy (non-hydrogen) atoms. The molecule has 0 N–H and O–H groups in total. The molecule has 0 radical (unpaired) electrons. The Kier molecular flexibility index (Phi) is 5.71. The fourth-order valence-corrected chi connectivity index (χ4v) is 1.23. The van der Waals surface area contributed by atoms with Gasteiger partial charge in [-0.2, -0.15) is 12.6 Å². The Labute approximate surface area is 103 Å². The zero-order valence-electron chi connectivity index (χ0n) is 8.97. The first-order chi connectivity index (χ1) is 8.15. The first-order valence-electron chi connectivity index (χ1n) is 4.90. The summed E-state index contributed by atoms with van der Waals surface area (Å²) < 4.78 is 23.4. The van der Waals surface area contributed by atoms with Crippen LogP contribution in [-0.4, -0.2) is 30.5 Å². The lowest BCUT2D eigenvalue weighted by Crippen LogP contribution is -2.08. The number of nitro groups is 1. The molecule has 0 heterocycles. The zero-order valence-corrected chi connectivity index (χ0v) is 9.86. The molecule has 5 nitrogen and oxygen atoms in total. The summed E-state index contributed by atoms with van der Waals surface area (Å²) in [6, 6.07) is 3.24. The molecule has 0 atom stereocenters. The number of rotatable bonds is 7. The third kappa shape index (κ3) is 4.58. The standard InChI is InChI=1S/C10H12FNO4S/c11-9-7-8(12(13)14)1-2-10(9)16-4-3-15-5-6-17/h1-2,7,17H,3-6H2. The summed E-state index contributed by atoms with van der Waals surface area (Å²) in [4.78, 5) is 9.70. The smallest absolute Gasteiger partial charge is 0.272 e. The van der Waals surface area contributed by atoms with Gasteiger partial charge in [0.25, 0.3) is 5.69 Å². The highest BCUT2D eigenvalue weighted by Gasteiger charge is 2.11. The van der Waals surface area contributed by atoms with Gasteiger partial charge in [-0.15, -0.1) is 0 Å². The van der Waals surface area contributed by atoms with Crippen LogP contribution in [0.1, 0.15) is 0 Å². The van der Waals surface area contributed by atoms with Crippen molar-refractivity contribution in [2.24, 2.45) is 0 Å². The Morgan fingerprint density at radius 1 is 1.35 bits per heavy atom. The lowest BCUT2D eigenvalue weighted by atomic mass is 10.3. The van der Waals surface area contributed by atoms with Crippen molar-refractivity contribution in [3.05, 3.63) is 34.1 Å². The van der Waals surface area contributed by atoms with E-state index in [1.165, 1.54) is 12.1 Å². The van der Waals surface area contributed by atoms with E-state index in [0.717, 1.165) is 6.07 Å². The lowest BCUT2D eigenvalue weighted by molar-refractivity contribution is -0.385. The third-order valence-corrected chi connectivity index (χ3v) is 2.03. The number of halogens is 1. The second-order valence-corrected chi connectivity index (χ2v) is 3.50. The molecule has 0 unspecified atom stereocenters. The molecular formula is C10H12FNO4S. The second-order valence-electron chi connectivity index (χ2n) is 3.06. The molecule has 0 amide bonds. The minimum Gasteiger partial charge on any atom is -0.488 e. The number of nitro benzene ring substituents is 1. The third-order valence-electron chi connectivity index (χ3n) is 1.85. The van der Waals surface area contributed by atoms with Crippen molar-refractivity contribution in [1.82, 2.24) is 0 Å². The summed E-state index contributed by atoms with van der Waals surface area (Å²) in [6.45, 7) is 0.995. The van der Waals surface area contributed by atoms with Gasteiger partial charge in [-0.3, -0.25) is 10.1 Å². The molecule has 0 aliphatic carbocycles. The van der Waals surface area contributed by atoms with E-state index in [2.05, 4.69) is 12.6 Å². The van der Waals surface area contributed by atoms with Crippen LogP contribution in [0.3, 0.4) is 0 Å². The minimum atomic E-state index is -0.756. The quantitative estimate of drug-likeness (QED) is 0.353. The highest BCUT2D eigenvalue weighted by Crippen LogP contribution is 2.22. The Bertz CT molecular complexity index is 389. The van der Waals surface area contributed by atoms with E-state index in [4.69, 9.17) is 9.47 Å². The summed E-state index contributed by atoms with van der Waals surface area (Å²) in [7, 11) is 0. The van der Waals surface area contributed by atoms with Gasteiger partial charge in [0, 0.05) is 11.8 Å². The predicted octanol–water partition coefficient (Wildman–Crippen LogP) is 2.06. The zero-order chi connectivity index (χ0) is 12.7. The molecule has 1 aromatic rings. The minimum absolute atomic E-state index is 0.0231. The van der Waals surface area contributed by atoms with Gasteiger partial charge in [0.15, 0.2) is 11.6 Å². The van der Waals surface area contributed by atoms with Crippen molar-refractivity contribution in [2.45, 2.75) is 0 Å². The average Bonchev–Trinajstić information content (AvgIpc) is 2.30. The normalized spacial score (nSPS) is 10.2. The number of thiol groups is 1. The van der Waals surface area contributed by atoms with E-state index in [1.54, 1.807) is 0 Å². The maximum absolute atomic E-state index is 13.3. The molecule has 94 valence electrons. The van der Waals surface area contributed by atoms with Crippen LogP contribution >= 0.6 is 12.6 Å². The van der Waals surface area contributed by atoms with Crippen molar-refractivity contribution in [3.8, 4) is 5.75 Å². The van der Waals surface area contributed by atoms with E-state index < -0.39 is 10.7 Å². The van der Waals surface area contributed by atoms with Gasteiger partial charge in [0.2, 0.25) is 0 Å². The SMILES string of the molecule is O=[N+]([O-])c1ccc(OCCOCCS)c(F)c1. The summed E-state index contributed by atoms with van der Waals surface area (Å²) in [5, 5.41) is 10.4. The molecule has 0 saturated carbocycles. The Balaban J connectivity index is 2.46. The highest BCUT2D eigenvalue weighted by molar-refractivity contribution is 7.80. The van der Waals surface area contributed by atoms with E-state index in [0.29, 0.717) is 19.0 Å². The van der Waals surface area contributed by atoms with Crippen LogP contribution in [0.4, 0.5) is 10.1 Å². The number of benzene rings is 1. The molecular weight excluding hydrogens is 249 g/mol. The number of nitrogens with zero attached hydrogens (tertiary/aromatic N) is 1. The van der Waals surface area contributed by atoms with E-state index in [-0.39, 0.29) is 18.0 Å². The average molecular weight is 261 g/mol. The number of hydrogen-bond acceptors (Lipinski definition) is 5. The molecule has 1 aromatic carbocycles. The van der Waals surface area contributed by atoms with Gasteiger partial charge in [-0.25, -0.2) is 4.39 Å². The van der Waals surface area contributed by atoms with Gasteiger partial charge in [-0.1, -0.05) is 0 Å². The fraction of sp³-hybridized carbons (Fsp3) is 0.400. The molecule has 1 rings (SSSR count). The van der Waals surface area contributed by atoms with Crippen molar-refractivity contribution < 1.29 is 18.8 Å². The topological polar surface area (TPSA) is 61.6 Å². The van der Waals surface area contributed by atoms with Crippen molar-refractivity contribution >= 4 is 18.3 Å². The van der Waals surface area contributed by atoms with Crippen LogP contribution in [0.5, 0.6) is 5.75 Å². The summed E-state index contributed by atoms with van der Waals surface area (Å²) in [6.07, 6.45) is 0. The maximum atomic E-state index is 13.3. The van der Waals surface area contributed by atoms with Crippen LogP contribution in [0, 0.1) is 15.9 Å². The van der Waals surface area contributed by atoms with Gasteiger partial charge >= 0.3 is 0 Å². The van der Waals surface area contributed by atoms with Gasteiger partial charge in [-0.05, 0) is 6.07 Å². The summed E-state index contributed by atoms with van der Waals surface area (Å²) >= 11 is 3.95. The summed E-state index contributed by atoms with van der Waals surface area (Å²) in [5.41, 5.74) is -0.304. The molecule has 0 bridgehead atoms. The molecule has 0 saturated heterocycles. The molecule has 0 aliphatic heterocycles.